The fourth-order valence-electron chi connectivity index (χ4n) is 3.65. The van der Waals surface area contributed by atoms with Crippen molar-refractivity contribution in [3.8, 4) is 11.8 Å². The van der Waals surface area contributed by atoms with Crippen LogP contribution in [-0.2, 0) is 4.74 Å². The molecule has 1 fully saturated rings. The third kappa shape index (κ3) is 4.49. The molecule has 0 unspecified atom stereocenters. The zero-order chi connectivity index (χ0) is 20.1. The molecule has 0 bridgehead atoms. The first-order valence-corrected chi connectivity index (χ1v) is 10.1. The first kappa shape index (κ1) is 19.2. The van der Waals surface area contributed by atoms with E-state index in [1.165, 1.54) is 24.6 Å². The lowest BCUT2D eigenvalue weighted by Crippen LogP contribution is -2.44. The van der Waals surface area contributed by atoms with Gasteiger partial charge in [0.05, 0.1) is 31.0 Å². The van der Waals surface area contributed by atoms with Crippen LogP contribution >= 0.6 is 0 Å². The fourth-order valence-corrected chi connectivity index (χ4v) is 3.65. The molecular weight excluding hydrogens is 364 g/mol. The molecule has 7 heteroatoms. The van der Waals surface area contributed by atoms with E-state index in [0.29, 0.717) is 24.6 Å². The number of ether oxygens (including phenoxy) is 1. The predicted octanol–water partition coefficient (Wildman–Crippen LogP) is 3.62. The molecule has 0 amide bonds. The van der Waals surface area contributed by atoms with Gasteiger partial charge in [0, 0.05) is 24.4 Å². The number of hydrogen-bond acceptors (Lipinski definition) is 6. The second-order valence-electron chi connectivity index (χ2n) is 7.37. The van der Waals surface area contributed by atoms with Gasteiger partial charge in [0.15, 0.2) is 0 Å². The summed E-state index contributed by atoms with van der Waals surface area (Å²) < 4.78 is 5.58. The van der Waals surface area contributed by atoms with Crippen molar-refractivity contribution in [1.29, 1.82) is 5.41 Å². The lowest BCUT2D eigenvalue weighted by molar-refractivity contribution is 0.0985. The second-order valence-corrected chi connectivity index (χ2v) is 7.37. The van der Waals surface area contributed by atoms with Crippen LogP contribution in [0.25, 0.3) is 0 Å². The van der Waals surface area contributed by atoms with E-state index < -0.39 is 0 Å². The summed E-state index contributed by atoms with van der Waals surface area (Å²) in [5.41, 5.74) is 2.67. The van der Waals surface area contributed by atoms with Crippen LogP contribution in [0.2, 0.25) is 0 Å². The van der Waals surface area contributed by atoms with Crippen molar-refractivity contribution in [1.82, 2.24) is 15.2 Å². The Kier molecular flexibility index (Phi) is 5.92. The molecule has 2 aliphatic rings. The Labute approximate surface area is 171 Å². The van der Waals surface area contributed by atoms with E-state index in [1.807, 2.05) is 12.1 Å². The third-order valence-electron chi connectivity index (χ3n) is 5.25. The van der Waals surface area contributed by atoms with Gasteiger partial charge in [0.2, 0.25) is 0 Å². The summed E-state index contributed by atoms with van der Waals surface area (Å²) in [5, 5.41) is 18.1. The molecule has 4 rings (SSSR count). The SMILES string of the molecule is C[C@@H]1COCCN1c1cc(C#CC2=CCCCC2)c(C=N)c(Nc2ccn[nH]2)n1. The lowest BCUT2D eigenvalue weighted by atomic mass is 9.99. The van der Waals surface area contributed by atoms with Crippen LogP contribution in [0.4, 0.5) is 17.5 Å². The van der Waals surface area contributed by atoms with Gasteiger partial charge in [-0.05, 0) is 44.2 Å². The van der Waals surface area contributed by atoms with Crippen molar-refractivity contribution < 1.29 is 4.74 Å². The van der Waals surface area contributed by atoms with Crippen LogP contribution < -0.4 is 10.2 Å². The quantitative estimate of drug-likeness (QED) is 0.548. The summed E-state index contributed by atoms with van der Waals surface area (Å²) in [4.78, 5) is 7.06. The molecule has 0 saturated carbocycles. The molecular formula is C22H26N6O. The maximum absolute atomic E-state index is 7.98. The highest BCUT2D eigenvalue weighted by atomic mass is 16.5. The molecule has 1 saturated heterocycles. The molecule has 1 atom stereocenters. The summed E-state index contributed by atoms with van der Waals surface area (Å²) in [7, 11) is 0. The number of aromatic nitrogens is 3. The van der Waals surface area contributed by atoms with Gasteiger partial charge in [-0.15, -0.1) is 0 Å². The zero-order valence-corrected chi connectivity index (χ0v) is 16.7. The Morgan fingerprint density at radius 3 is 3.03 bits per heavy atom. The number of rotatable bonds is 4. The van der Waals surface area contributed by atoms with Crippen LogP contribution in [0.3, 0.4) is 0 Å². The Balaban J connectivity index is 1.76. The predicted molar refractivity (Wildman–Crippen MR) is 115 cm³/mol. The van der Waals surface area contributed by atoms with Crippen LogP contribution in [0, 0.1) is 17.3 Å². The van der Waals surface area contributed by atoms with Crippen LogP contribution in [0.1, 0.15) is 43.7 Å². The van der Waals surface area contributed by atoms with E-state index in [-0.39, 0.29) is 6.04 Å². The van der Waals surface area contributed by atoms with Gasteiger partial charge in [-0.3, -0.25) is 5.10 Å². The van der Waals surface area contributed by atoms with Crippen molar-refractivity contribution in [3.05, 3.63) is 41.1 Å². The minimum Gasteiger partial charge on any atom is -0.377 e. The summed E-state index contributed by atoms with van der Waals surface area (Å²) in [6, 6.07) is 4.05. The monoisotopic (exact) mass is 390 g/mol. The van der Waals surface area contributed by atoms with Crippen molar-refractivity contribution in [3.63, 3.8) is 0 Å². The highest BCUT2D eigenvalue weighted by Gasteiger charge is 2.22. The Morgan fingerprint density at radius 1 is 1.38 bits per heavy atom. The number of nitrogens with one attached hydrogen (secondary N) is 3. The summed E-state index contributed by atoms with van der Waals surface area (Å²) in [6.07, 6.45) is 9.79. The highest BCUT2D eigenvalue weighted by molar-refractivity contribution is 5.90. The van der Waals surface area contributed by atoms with Gasteiger partial charge in [-0.25, -0.2) is 4.98 Å². The number of H-pyrrole nitrogens is 1. The average molecular weight is 390 g/mol. The smallest absolute Gasteiger partial charge is 0.144 e. The minimum atomic E-state index is 0.226. The second kappa shape index (κ2) is 8.93. The molecule has 0 aromatic carbocycles. The molecule has 150 valence electrons. The number of allylic oxidation sites excluding steroid dienone is 2. The highest BCUT2D eigenvalue weighted by Crippen LogP contribution is 2.27. The molecule has 1 aliphatic heterocycles. The first-order valence-electron chi connectivity index (χ1n) is 10.1. The summed E-state index contributed by atoms with van der Waals surface area (Å²) >= 11 is 0. The Hall–Kier alpha value is -3.11. The van der Waals surface area contributed by atoms with Gasteiger partial charge in [0.25, 0.3) is 0 Å². The van der Waals surface area contributed by atoms with Crippen LogP contribution in [-0.4, -0.2) is 47.2 Å². The van der Waals surface area contributed by atoms with E-state index in [0.717, 1.165) is 36.6 Å². The molecule has 1 aliphatic carbocycles. The number of pyridine rings is 1. The van der Waals surface area contributed by atoms with Crippen LogP contribution in [0.15, 0.2) is 30.0 Å². The molecule has 2 aromatic rings. The van der Waals surface area contributed by atoms with Gasteiger partial charge in [-0.1, -0.05) is 17.9 Å². The molecule has 0 radical (unpaired) electrons. The first-order chi connectivity index (χ1) is 14.2. The van der Waals surface area contributed by atoms with Crippen LogP contribution in [0.5, 0.6) is 0 Å². The lowest BCUT2D eigenvalue weighted by Gasteiger charge is -2.34. The third-order valence-corrected chi connectivity index (χ3v) is 5.25. The number of hydrogen-bond donors (Lipinski definition) is 3. The van der Waals surface area contributed by atoms with Gasteiger partial charge in [-0.2, -0.15) is 5.10 Å². The topological polar surface area (TPSA) is 89.9 Å². The van der Waals surface area contributed by atoms with E-state index in [1.54, 1.807) is 6.20 Å². The Morgan fingerprint density at radius 2 is 2.31 bits per heavy atom. The fraction of sp³-hybridized carbons (Fsp3) is 0.409. The average Bonchev–Trinajstić information content (AvgIpc) is 3.26. The van der Waals surface area contributed by atoms with Gasteiger partial charge in [0.1, 0.15) is 17.5 Å². The molecule has 29 heavy (non-hydrogen) atoms. The molecule has 7 nitrogen and oxygen atoms in total. The number of morpholine rings is 1. The van der Waals surface area contributed by atoms with Gasteiger partial charge < -0.3 is 20.4 Å². The van der Waals surface area contributed by atoms with E-state index in [9.17, 15) is 0 Å². The number of aromatic amines is 1. The maximum Gasteiger partial charge on any atom is 0.144 e. The largest absolute Gasteiger partial charge is 0.377 e. The number of nitrogens with zero attached hydrogens (tertiary/aromatic N) is 3. The van der Waals surface area contributed by atoms with Crippen molar-refractivity contribution in [2.45, 2.75) is 38.6 Å². The zero-order valence-electron chi connectivity index (χ0n) is 16.7. The summed E-state index contributed by atoms with van der Waals surface area (Å²) in [5.74, 6) is 8.81. The minimum absolute atomic E-state index is 0.226. The van der Waals surface area contributed by atoms with E-state index >= 15 is 0 Å². The Bertz CT molecular complexity index is 954. The number of anilines is 3. The molecule has 3 N–H and O–H groups in total. The molecule has 0 spiro atoms. The van der Waals surface area contributed by atoms with E-state index in [2.05, 4.69) is 45.3 Å². The molecule has 3 heterocycles. The van der Waals surface area contributed by atoms with Gasteiger partial charge >= 0.3 is 0 Å². The van der Waals surface area contributed by atoms with Crippen molar-refractivity contribution >= 4 is 23.7 Å². The molecule has 2 aromatic heterocycles. The van der Waals surface area contributed by atoms with Crippen molar-refractivity contribution in [2.75, 3.05) is 30.0 Å². The van der Waals surface area contributed by atoms with E-state index in [4.69, 9.17) is 15.1 Å². The van der Waals surface area contributed by atoms with Crippen molar-refractivity contribution in [2.24, 2.45) is 0 Å². The standard InChI is InChI=1S/C22H26N6O/c1-16-15-29-12-11-28(16)21-13-18(8-7-17-5-3-2-4-6-17)19(14-23)22(26-21)25-20-9-10-24-27-20/h5,9-10,13-14,16,23H,2-4,6,11-12,15H2,1H3,(H2,24,25,26,27)/t16-/m1/s1. The maximum atomic E-state index is 7.98. The summed E-state index contributed by atoms with van der Waals surface area (Å²) in [6.45, 7) is 4.26. The normalized spacial score (nSPS) is 19.1.